The van der Waals surface area contributed by atoms with Gasteiger partial charge in [0.25, 0.3) is 0 Å². The number of nitrogens with one attached hydrogen (secondary N) is 1. The fourth-order valence-corrected chi connectivity index (χ4v) is 4.98. The van der Waals surface area contributed by atoms with Gasteiger partial charge in [-0.2, -0.15) is 24.9 Å². The molecule has 27 heavy (non-hydrogen) atoms. The molecule has 2 fully saturated rings. The number of hydrogen-bond donors (Lipinski definition) is 1. The summed E-state index contributed by atoms with van der Waals surface area (Å²) < 4.78 is 37.4. The second-order valence-electron chi connectivity index (χ2n) is 7.70. The van der Waals surface area contributed by atoms with E-state index in [0.29, 0.717) is 30.2 Å². The van der Waals surface area contributed by atoms with Gasteiger partial charge in [0.1, 0.15) is 0 Å². The predicted molar refractivity (Wildman–Crippen MR) is 119 cm³/mol. The van der Waals surface area contributed by atoms with Crippen LogP contribution in [0.15, 0.2) is 4.99 Å². The van der Waals surface area contributed by atoms with Crippen LogP contribution in [-0.4, -0.2) is 79.3 Å². The largest absolute Gasteiger partial charge is 0.401 e. The lowest BCUT2D eigenvalue weighted by Crippen LogP contribution is -2.49. The molecular weight excluding hydrogens is 488 g/mol. The average molecular weight is 522 g/mol. The van der Waals surface area contributed by atoms with Crippen LogP contribution in [0.5, 0.6) is 0 Å². The molecule has 9 heteroatoms. The van der Waals surface area contributed by atoms with Crippen molar-refractivity contribution in [1.82, 2.24) is 15.1 Å². The first kappa shape index (κ1) is 25.1. The van der Waals surface area contributed by atoms with Gasteiger partial charge in [-0.3, -0.25) is 9.89 Å². The van der Waals surface area contributed by atoms with E-state index in [1.54, 1.807) is 0 Å². The van der Waals surface area contributed by atoms with Crippen molar-refractivity contribution in [1.29, 1.82) is 0 Å². The lowest BCUT2D eigenvalue weighted by Gasteiger charge is -2.36. The molecule has 0 radical (unpaired) electrons. The van der Waals surface area contributed by atoms with Gasteiger partial charge in [-0.1, -0.05) is 13.8 Å². The molecule has 2 aliphatic heterocycles. The number of rotatable bonds is 5. The van der Waals surface area contributed by atoms with Crippen molar-refractivity contribution in [2.75, 3.05) is 52.1 Å². The summed E-state index contributed by atoms with van der Waals surface area (Å²) in [6.07, 6.45) is -1.38. The maximum atomic E-state index is 12.5. The molecule has 1 unspecified atom stereocenters. The summed E-state index contributed by atoms with van der Waals surface area (Å²) in [6, 6.07) is 0. The summed E-state index contributed by atoms with van der Waals surface area (Å²) in [6.45, 7) is 7.75. The number of guanidine groups is 1. The molecule has 0 aromatic rings. The van der Waals surface area contributed by atoms with Gasteiger partial charge in [0.05, 0.1) is 6.54 Å². The van der Waals surface area contributed by atoms with E-state index in [0.717, 1.165) is 50.6 Å². The Morgan fingerprint density at radius 2 is 1.89 bits per heavy atom. The molecule has 1 N–H and O–H groups in total. The average Bonchev–Trinajstić information content (AvgIpc) is 2.59. The fourth-order valence-electron chi connectivity index (χ4n) is 3.68. The van der Waals surface area contributed by atoms with E-state index in [-0.39, 0.29) is 24.0 Å². The molecule has 0 saturated carbocycles. The Hall–Kier alpha value is 0.1000. The van der Waals surface area contributed by atoms with Gasteiger partial charge in [0, 0.05) is 37.7 Å². The van der Waals surface area contributed by atoms with Crippen molar-refractivity contribution >= 4 is 41.7 Å². The third kappa shape index (κ3) is 8.97. The van der Waals surface area contributed by atoms with Crippen molar-refractivity contribution in [2.45, 2.75) is 44.5 Å². The van der Waals surface area contributed by atoms with E-state index >= 15 is 0 Å². The smallest absolute Gasteiger partial charge is 0.356 e. The molecule has 2 aliphatic rings. The summed E-state index contributed by atoms with van der Waals surface area (Å²) in [5.74, 6) is 3.25. The Labute approximate surface area is 183 Å². The first-order chi connectivity index (χ1) is 12.3. The number of piperidine rings is 1. The minimum Gasteiger partial charge on any atom is -0.356 e. The van der Waals surface area contributed by atoms with E-state index in [9.17, 15) is 13.2 Å². The fraction of sp³-hybridized carbons (Fsp3) is 0.944. The standard InChI is InChI=1S/C18H33F3N4S.HI/c1-14(2)16-12-25(10-11-26-16)17(22-3)23-7-4-15-5-8-24(9-6-15)13-18(19,20)21;/h14-16H,4-13H2,1-3H3,(H,22,23);1H. The summed E-state index contributed by atoms with van der Waals surface area (Å²) in [5.41, 5.74) is 0. The van der Waals surface area contributed by atoms with Crippen LogP contribution in [-0.2, 0) is 0 Å². The van der Waals surface area contributed by atoms with Crippen molar-refractivity contribution in [2.24, 2.45) is 16.8 Å². The van der Waals surface area contributed by atoms with Crippen LogP contribution < -0.4 is 5.32 Å². The Morgan fingerprint density at radius 1 is 1.22 bits per heavy atom. The molecule has 1 atom stereocenters. The molecule has 2 heterocycles. The predicted octanol–water partition coefficient (Wildman–Crippen LogP) is 3.92. The second-order valence-corrected chi connectivity index (χ2v) is 9.04. The Balaban J connectivity index is 0.00000364. The molecule has 0 bridgehead atoms. The van der Waals surface area contributed by atoms with Crippen LogP contribution in [0.2, 0.25) is 0 Å². The van der Waals surface area contributed by atoms with Crippen LogP contribution in [0.1, 0.15) is 33.1 Å². The van der Waals surface area contributed by atoms with E-state index in [1.165, 1.54) is 4.90 Å². The number of nitrogens with zero attached hydrogens (tertiary/aromatic N) is 3. The highest BCUT2D eigenvalue weighted by atomic mass is 127. The Kier molecular flexibility index (Phi) is 11.1. The zero-order valence-corrected chi connectivity index (χ0v) is 19.7. The van der Waals surface area contributed by atoms with E-state index in [2.05, 4.69) is 29.1 Å². The quantitative estimate of drug-likeness (QED) is 0.337. The highest BCUT2D eigenvalue weighted by Crippen LogP contribution is 2.26. The van der Waals surface area contributed by atoms with Crippen LogP contribution in [0.25, 0.3) is 0 Å². The van der Waals surface area contributed by atoms with Crippen LogP contribution >= 0.6 is 35.7 Å². The molecule has 4 nitrogen and oxygen atoms in total. The topological polar surface area (TPSA) is 30.9 Å². The lowest BCUT2D eigenvalue weighted by molar-refractivity contribution is -0.148. The molecule has 0 aromatic carbocycles. The van der Waals surface area contributed by atoms with E-state index in [4.69, 9.17) is 0 Å². The number of likely N-dealkylation sites (tertiary alicyclic amines) is 1. The number of hydrogen-bond acceptors (Lipinski definition) is 3. The molecule has 2 rings (SSSR count). The van der Waals surface area contributed by atoms with Crippen LogP contribution in [0.4, 0.5) is 13.2 Å². The van der Waals surface area contributed by atoms with Gasteiger partial charge in [-0.25, -0.2) is 0 Å². The third-order valence-corrected chi connectivity index (χ3v) is 6.83. The van der Waals surface area contributed by atoms with Crippen molar-refractivity contribution in [3.8, 4) is 0 Å². The highest BCUT2D eigenvalue weighted by molar-refractivity contribution is 14.0. The SMILES string of the molecule is CN=C(NCCC1CCN(CC(F)(F)F)CC1)N1CCSC(C(C)C)C1.I. The van der Waals surface area contributed by atoms with Gasteiger partial charge in [0.15, 0.2) is 5.96 Å². The van der Waals surface area contributed by atoms with Crippen LogP contribution in [0.3, 0.4) is 0 Å². The molecular formula is C18H34F3IN4S. The molecule has 2 saturated heterocycles. The monoisotopic (exact) mass is 522 g/mol. The number of alkyl halides is 3. The summed E-state index contributed by atoms with van der Waals surface area (Å²) >= 11 is 2.04. The second kappa shape index (κ2) is 11.9. The van der Waals surface area contributed by atoms with Crippen LogP contribution in [0, 0.1) is 11.8 Å². The molecule has 0 spiro atoms. The molecule has 0 amide bonds. The van der Waals surface area contributed by atoms with Gasteiger partial charge in [-0.05, 0) is 44.2 Å². The van der Waals surface area contributed by atoms with Gasteiger partial charge in [0.2, 0.25) is 0 Å². The summed E-state index contributed by atoms with van der Waals surface area (Å²) in [7, 11) is 1.82. The zero-order chi connectivity index (χ0) is 19.2. The van der Waals surface area contributed by atoms with Crippen molar-refractivity contribution < 1.29 is 13.2 Å². The van der Waals surface area contributed by atoms with Crippen molar-refractivity contribution in [3.63, 3.8) is 0 Å². The van der Waals surface area contributed by atoms with E-state index < -0.39 is 12.7 Å². The van der Waals surface area contributed by atoms with Gasteiger partial charge >= 0.3 is 6.18 Å². The number of thioether (sulfide) groups is 1. The maximum absolute atomic E-state index is 12.5. The number of aliphatic imine (C=N–C) groups is 1. The molecule has 160 valence electrons. The zero-order valence-electron chi connectivity index (χ0n) is 16.6. The maximum Gasteiger partial charge on any atom is 0.401 e. The first-order valence-electron chi connectivity index (χ1n) is 9.65. The number of halogens is 4. The first-order valence-corrected chi connectivity index (χ1v) is 10.7. The summed E-state index contributed by atoms with van der Waals surface area (Å²) in [5, 5.41) is 4.11. The Bertz CT molecular complexity index is 454. The lowest BCUT2D eigenvalue weighted by atomic mass is 9.93. The normalized spacial score (nSPS) is 23.4. The third-order valence-electron chi connectivity index (χ3n) is 5.29. The minimum atomic E-state index is -4.08. The summed E-state index contributed by atoms with van der Waals surface area (Å²) in [4.78, 5) is 8.30. The highest BCUT2D eigenvalue weighted by Gasteiger charge is 2.32. The Morgan fingerprint density at radius 3 is 2.44 bits per heavy atom. The van der Waals surface area contributed by atoms with E-state index in [1.807, 2.05) is 18.8 Å². The van der Waals surface area contributed by atoms with Gasteiger partial charge in [-0.15, -0.1) is 24.0 Å². The minimum absolute atomic E-state index is 0. The van der Waals surface area contributed by atoms with Crippen molar-refractivity contribution in [3.05, 3.63) is 0 Å². The van der Waals surface area contributed by atoms with Gasteiger partial charge < -0.3 is 10.2 Å². The molecule has 0 aliphatic carbocycles. The molecule has 0 aromatic heterocycles.